The van der Waals surface area contributed by atoms with E-state index >= 15 is 0 Å². The minimum absolute atomic E-state index is 0.134. The lowest BCUT2D eigenvalue weighted by molar-refractivity contribution is 0.0721. The predicted molar refractivity (Wildman–Crippen MR) is 112 cm³/mol. The van der Waals surface area contributed by atoms with Crippen LogP contribution >= 0.6 is 0 Å². The predicted octanol–water partition coefficient (Wildman–Crippen LogP) is 3.30. The van der Waals surface area contributed by atoms with E-state index in [1.54, 1.807) is 36.3 Å². The van der Waals surface area contributed by atoms with Crippen molar-refractivity contribution in [1.82, 2.24) is 9.80 Å². The zero-order valence-electron chi connectivity index (χ0n) is 16.8. The lowest BCUT2D eigenvalue weighted by Crippen LogP contribution is -2.32. The lowest BCUT2D eigenvalue weighted by atomic mass is 9.97. The highest BCUT2D eigenvalue weighted by Gasteiger charge is 2.43. The summed E-state index contributed by atoms with van der Waals surface area (Å²) >= 11 is 0. The van der Waals surface area contributed by atoms with Gasteiger partial charge < -0.3 is 19.0 Å². The second-order valence-corrected chi connectivity index (χ2v) is 7.47. The molecule has 1 aromatic heterocycles. The minimum Gasteiger partial charge on any atom is -0.496 e. The molecule has 0 saturated carbocycles. The molecule has 1 amide bonds. The fraction of sp³-hybridized carbons (Fsp3) is 0.304. The SMILES string of the molecule is COc1ccccc1C1c2c(oc3ccccc3c2=O)C(=O)N1CCCN(C)C. The summed E-state index contributed by atoms with van der Waals surface area (Å²) in [6.07, 6.45) is 0.784. The van der Waals surface area contributed by atoms with Crippen LogP contribution in [-0.4, -0.2) is 50.0 Å². The van der Waals surface area contributed by atoms with E-state index in [2.05, 4.69) is 4.90 Å². The van der Waals surface area contributed by atoms with Gasteiger partial charge in [-0.1, -0.05) is 30.3 Å². The Kier molecular flexibility index (Phi) is 5.11. The van der Waals surface area contributed by atoms with Crippen LogP contribution in [0, 0.1) is 0 Å². The van der Waals surface area contributed by atoms with E-state index in [9.17, 15) is 9.59 Å². The molecule has 2 heterocycles. The molecule has 3 aromatic rings. The van der Waals surface area contributed by atoms with Crippen molar-refractivity contribution in [3.05, 3.63) is 75.6 Å². The summed E-state index contributed by atoms with van der Waals surface area (Å²) in [6, 6.07) is 14.0. The third-order valence-electron chi connectivity index (χ3n) is 5.31. The Morgan fingerprint density at radius 3 is 2.55 bits per heavy atom. The molecule has 29 heavy (non-hydrogen) atoms. The number of rotatable bonds is 6. The first-order valence-corrected chi connectivity index (χ1v) is 9.67. The number of carbonyl (C=O) groups is 1. The standard InChI is InChI=1S/C23H24N2O4/c1-24(2)13-8-14-25-20(15-9-4-6-11-17(15)28-3)19-21(26)16-10-5-7-12-18(16)29-22(19)23(25)27/h4-7,9-12,20H,8,13-14H2,1-3H3. The van der Waals surface area contributed by atoms with Gasteiger partial charge in [0.15, 0.2) is 5.43 Å². The smallest absolute Gasteiger partial charge is 0.290 e. The second-order valence-electron chi connectivity index (χ2n) is 7.47. The van der Waals surface area contributed by atoms with Crippen molar-refractivity contribution in [1.29, 1.82) is 0 Å². The first-order chi connectivity index (χ1) is 14.0. The van der Waals surface area contributed by atoms with Crippen molar-refractivity contribution in [2.45, 2.75) is 12.5 Å². The number of methoxy groups -OCH3 is 1. The van der Waals surface area contributed by atoms with Crippen molar-refractivity contribution < 1.29 is 13.9 Å². The van der Waals surface area contributed by atoms with Crippen LogP contribution in [-0.2, 0) is 0 Å². The number of nitrogens with zero attached hydrogens (tertiary/aromatic N) is 2. The molecule has 1 unspecified atom stereocenters. The average molecular weight is 392 g/mol. The second kappa shape index (κ2) is 7.72. The highest BCUT2D eigenvalue weighted by Crippen LogP contribution is 2.41. The Hall–Kier alpha value is -3.12. The fourth-order valence-corrected chi connectivity index (χ4v) is 3.97. The fourth-order valence-electron chi connectivity index (χ4n) is 3.97. The van der Waals surface area contributed by atoms with Gasteiger partial charge in [-0.05, 0) is 45.3 Å². The number of para-hydroxylation sites is 2. The summed E-state index contributed by atoms with van der Waals surface area (Å²) in [4.78, 5) is 30.5. The normalized spacial score (nSPS) is 15.9. The quantitative estimate of drug-likeness (QED) is 0.644. The Bertz CT molecular complexity index is 1120. The number of benzene rings is 2. The third-order valence-corrected chi connectivity index (χ3v) is 5.31. The van der Waals surface area contributed by atoms with Crippen molar-refractivity contribution in [3.8, 4) is 5.75 Å². The first kappa shape index (κ1) is 19.2. The van der Waals surface area contributed by atoms with Gasteiger partial charge in [-0.25, -0.2) is 0 Å². The lowest BCUT2D eigenvalue weighted by Gasteiger charge is -2.26. The Morgan fingerprint density at radius 2 is 1.79 bits per heavy atom. The van der Waals surface area contributed by atoms with E-state index in [0.29, 0.717) is 28.8 Å². The van der Waals surface area contributed by atoms with Gasteiger partial charge in [0, 0.05) is 12.1 Å². The molecule has 150 valence electrons. The van der Waals surface area contributed by atoms with Gasteiger partial charge in [-0.15, -0.1) is 0 Å². The van der Waals surface area contributed by atoms with Crippen LogP contribution in [0.4, 0.5) is 0 Å². The molecule has 4 rings (SSSR count). The number of hydrogen-bond donors (Lipinski definition) is 0. The number of ether oxygens (including phenoxy) is 1. The number of fused-ring (bicyclic) bond motifs is 2. The van der Waals surface area contributed by atoms with Crippen molar-refractivity contribution in [3.63, 3.8) is 0 Å². The van der Waals surface area contributed by atoms with Crippen molar-refractivity contribution >= 4 is 16.9 Å². The summed E-state index contributed by atoms with van der Waals surface area (Å²) in [7, 11) is 5.59. The maximum atomic E-state index is 13.4. The molecule has 0 bridgehead atoms. The van der Waals surface area contributed by atoms with Gasteiger partial charge in [-0.2, -0.15) is 0 Å². The molecule has 0 radical (unpaired) electrons. The summed E-state index contributed by atoms with van der Waals surface area (Å²) in [5, 5.41) is 0.481. The zero-order valence-corrected chi connectivity index (χ0v) is 16.8. The van der Waals surface area contributed by atoms with Crippen molar-refractivity contribution in [2.75, 3.05) is 34.3 Å². The topological polar surface area (TPSA) is 63.0 Å². The van der Waals surface area contributed by atoms with E-state index < -0.39 is 6.04 Å². The maximum absolute atomic E-state index is 13.4. The van der Waals surface area contributed by atoms with Crippen LogP contribution in [0.15, 0.2) is 57.7 Å². The summed E-state index contributed by atoms with van der Waals surface area (Å²) in [5.74, 6) is 0.523. The zero-order chi connectivity index (χ0) is 20.5. The van der Waals surface area contributed by atoms with E-state index in [-0.39, 0.29) is 17.1 Å². The molecule has 1 aliphatic heterocycles. The van der Waals surface area contributed by atoms with Crippen LogP contribution in [0.5, 0.6) is 5.75 Å². The number of hydrogen-bond acceptors (Lipinski definition) is 5. The van der Waals surface area contributed by atoms with Crippen LogP contribution in [0.25, 0.3) is 11.0 Å². The largest absolute Gasteiger partial charge is 0.496 e. The molecule has 6 nitrogen and oxygen atoms in total. The van der Waals surface area contributed by atoms with Gasteiger partial charge >= 0.3 is 0 Å². The molecule has 1 aliphatic rings. The average Bonchev–Trinajstić information content (AvgIpc) is 3.00. The molecule has 0 saturated heterocycles. The maximum Gasteiger partial charge on any atom is 0.290 e. The van der Waals surface area contributed by atoms with Crippen LogP contribution in [0.3, 0.4) is 0 Å². The highest BCUT2D eigenvalue weighted by molar-refractivity contribution is 5.99. The summed E-state index contributed by atoms with van der Waals surface area (Å²) in [5.41, 5.74) is 1.44. The van der Waals surface area contributed by atoms with Gasteiger partial charge in [-0.3, -0.25) is 9.59 Å². The number of carbonyl (C=O) groups excluding carboxylic acids is 1. The Labute approximate surface area is 169 Å². The highest BCUT2D eigenvalue weighted by atomic mass is 16.5. The minimum atomic E-state index is -0.531. The van der Waals surface area contributed by atoms with E-state index in [4.69, 9.17) is 9.15 Å². The third kappa shape index (κ3) is 3.29. The molecule has 6 heteroatoms. The van der Waals surface area contributed by atoms with Gasteiger partial charge in [0.1, 0.15) is 11.3 Å². The Balaban J connectivity index is 1.90. The van der Waals surface area contributed by atoms with Crippen LogP contribution in [0.1, 0.15) is 34.1 Å². The first-order valence-electron chi connectivity index (χ1n) is 9.67. The van der Waals surface area contributed by atoms with E-state index in [1.807, 2.05) is 38.4 Å². The molecule has 0 spiro atoms. The van der Waals surface area contributed by atoms with E-state index in [1.165, 1.54) is 0 Å². The molecule has 2 aromatic carbocycles. The molecule has 1 atom stereocenters. The molecule has 0 N–H and O–H groups in total. The van der Waals surface area contributed by atoms with Crippen LogP contribution < -0.4 is 10.2 Å². The Morgan fingerprint density at radius 1 is 1.07 bits per heavy atom. The molecular weight excluding hydrogens is 368 g/mol. The molecular formula is C23H24N2O4. The van der Waals surface area contributed by atoms with E-state index in [0.717, 1.165) is 18.5 Å². The van der Waals surface area contributed by atoms with Crippen LogP contribution in [0.2, 0.25) is 0 Å². The number of amides is 1. The van der Waals surface area contributed by atoms with Gasteiger partial charge in [0.25, 0.3) is 5.91 Å². The molecule has 0 aliphatic carbocycles. The van der Waals surface area contributed by atoms with Crippen molar-refractivity contribution in [2.24, 2.45) is 0 Å². The summed E-state index contributed by atoms with van der Waals surface area (Å²) in [6.45, 7) is 1.35. The monoisotopic (exact) mass is 392 g/mol. The molecule has 0 fully saturated rings. The van der Waals surface area contributed by atoms with Gasteiger partial charge in [0.05, 0.1) is 24.1 Å². The van der Waals surface area contributed by atoms with Gasteiger partial charge in [0.2, 0.25) is 5.76 Å². The summed E-state index contributed by atoms with van der Waals surface area (Å²) < 4.78 is 11.5.